The fraction of sp³-hybridized carbons (Fsp3) is 0.138. The Morgan fingerprint density at radius 3 is 2.77 bits per heavy atom. The monoisotopic (exact) mass is 536 g/mol. The SMILES string of the molecule is C=CC(=O)N1CCC=C(NC(=O)c2sc3nccc4c3c2NC(=O)N4c2cc(-c3ccccc3)ncc2C)C1. The smallest absolute Gasteiger partial charge is 0.331 e. The van der Waals surface area contributed by atoms with Gasteiger partial charge in [-0.15, -0.1) is 11.3 Å². The highest BCUT2D eigenvalue weighted by atomic mass is 32.1. The molecule has 1 aromatic carbocycles. The molecule has 10 heteroatoms. The van der Waals surface area contributed by atoms with E-state index in [1.807, 2.05) is 49.4 Å². The average Bonchev–Trinajstić information content (AvgIpc) is 3.33. The number of thiophene rings is 1. The lowest BCUT2D eigenvalue weighted by Gasteiger charge is -2.30. The zero-order valence-corrected chi connectivity index (χ0v) is 21.9. The lowest BCUT2D eigenvalue weighted by Crippen LogP contribution is -2.39. The van der Waals surface area contributed by atoms with E-state index in [0.29, 0.717) is 50.8 Å². The van der Waals surface area contributed by atoms with Crippen LogP contribution in [-0.2, 0) is 4.79 Å². The Balaban J connectivity index is 1.37. The van der Waals surface area contributed by atoms with E-state index in [0.717, 1.165) is 16.8 Å². The first kappa shape index (κ1) is 24.5. The molecule has 4 aromatic rings. The Labute approximate surface area is 228 Å². The molecule has 0 unspecified atom stereocenters. The minimum absolute atomic E-state index is 0.185. The normalized spacial score (nSPS) is 14.6. The third kappa shape index (κ3) is 4.34. The lowest BCUT2D eigenvalue weighted by molar-refractivity contribution is -0.125. The van der Waals surface area contributed by atoms with Gasteiger partial charge in [-0.25, -0.2) is 9.78 Å². The van der Waals surface area contributed by atoms with E-state index in [2.05, 4.69) is 27.2 Å². The summed E-state index contributed by atoms with van der Waals surface area (Å²) in [5, 5.41) is 6.56. The van der Waals surface area contributed by atoms with Gasteiger partial charge in [0.25, 0.3) is 5.91 Å². The average molecular weight is 537 g/mol. The molecule has 9 nitrogen and oxygen atoms in total. The van der Waals surface area contributed by atoms with Crippen LogP contribution in [0.2, 0.25) is 0 Å². The Hall–Kier alpha value is -4.83. The van der Waals surface area contributed by atoms with E-state index in [1.54, 1.807) is 28.3 Å². The zero-order chi connectivity index (χ0) is 27.1. The number of pyridine rings is 2. The molecule has 5 heterocycles. The van der Waals surface area contributed by atoms with Gasteiger partial charge in [-0.2, -0.15) is 0 Å². The molecule has 194 valence electrons. The predicted molar refractivity (Wildman–Crippen MR) is 152 cm³/mol. The fourth-order valence-electron chi connectivity index (χ4n) is 4.86. The molecule has 4 amide bonds. The molecule has 0 radical (unpaired) electrons. The largest absolute Gasteiger partial charge is 0.333 e. The highest BCUT2D eigenvalue weighted by Crippen LogP contribution is 2.46. The van der Waals surface area contributed by atoms with Crippen molar-refractivity contribution in [1.29, 1.82) is 0 Å². The van der Waals surface area contributed by atoms with E-state index in [9.17, 15) is 14.4 Å². The number of carbonyl (C=O) groups excluding carboxylic acids is 3. The zero-order valence-electron chi connectivity index (χ0n) is 21.1. The molecule has 0 saturated carbocycles. The number of nitrogens with one attached hydrogen (secondary N) is 2. The van der Waals surface area contributed by atoms with Crippen LogP contribution in [0.15, 0.2) is 79.3 Å². The van der Waals surface area contributed by atoms with Gasteiger partial charge in [0.05, 0.1) is 34.7 Å². The molecule has 39 heavy (non-hydrogen) atoms. The maximum Gasteiger partial charge on any atom is 0.331 e. The van der Waals surface area contributed by atoms with E-state index >= 15 is 0 Å². The topological polar surface area (TPSA) is 108 Å². The molecule has 3 aromatic heterocycles. The number of hydrogen-bond donors (Lipinski definition) is 2. The van der Waals surface area contributed by atoms with Crippen LogP contribution >= 0.6 is 11.3 Å². The van der Waals surface area contributed by atoms with Crippen LogP contribution in [0.4, 0.5) is 21.9 Å². The van der Waals surface area contributed by atoms with Crippen molar-refractivity contribution in [2.45, 2.75) is 13.3 Å². The van der Waals surface area contributed by atoms with Gasteiger partial charge in [-0.3, -0.25) is 19.5 Å². The molecule has 0 aliphatic carbocycles. The third-order valence-corrected chi connectivity index (χ3v) is 7.85. The molecule has 0 fully saturated rings. The Morgan fingerprint density at radius 2 is 1.97 bits per heavy atom. The first-order chi connectivity index (χ1) is 18.9. The van der Waals surface area contributed by atoms with E-state index in [1.165, 1.54) is 17.4 Å². The van der Waals surface area contributed by atoms with Gasteiger partial charge < -0.3 is 15.5 Å². The van der Waals surface area contributed by atoms with E-state index in [-0.39, 0.29) is 24.4 Å². The predicted octanol–water partition coefficient (Wildman–Crippen LogP) is 5.38. The van der Waals surface area contributed by atoms with Crippen LogP contribution in [0.5, 0.6) is 0 Å². The summed E-state index contributed by atoms with van der Waals surface area (Å²) in [6, 6.07) is 13.1. The number of hydrogen-bond acceptors (Lipinski definition) is 6. The Bertz CT molecular complexity index is 1690. The summed E-state index contributed by atoms with van der Waals surface area (Å²) in [7, 11) is 0. The Kier molecular flexibility index (Phi) is 6.16. The number of aromatic nitrogens is 2. The maximum atomic E-state index is 13.6. The summed E-state index contributed by atoms with van der Waals surface area (Å²) in [6.45, 7) is 6.30. The molecule has 2 aliphatic heterocycles. The van der Waals surface area contributed by atoms with Gasteiger partial charge in [-0.05, 0) is 37.1 Å². The number of carbonyl (C=O) groups is 3. The van der Waals surface area contributed by atoms with Crippen molar-refractivity contribution in [1.82, 2.24) is 20.2 Å². The van der Waals surface area contributed by atoms with E-state index < -0.39 is 0 Å². The number of amides is 4. The minimum atomic E-state index is -0.379. The highest BCUT2D eigenvalue weighted by Gasteiger charge is 2.34. The van der Waals surface area contributed by atoms with Crippen LogP contribution in [0.1, 0.15) is 21.7 Å². The maximum absolute atomic E-state index is 13.6. The number of benzene rings is 1. The van der Waals surface area contributed by atoms with Crippen LogP contribution in [0.25, 0.3) is 21.5 Å². The number of rotatable bonds is 5. The van der Waals surface area contributed by atoms with Crippen molar-refractivity contribution in [3.05, 3.63) is 89.7 Å². The number of nitrogens with zero attached hydrogens (tertiary/aromatic N) is 4. The van der Waals surface area contributed by atoms with Crippen molar-refractivity contribution < 1.29 is 14.4 Å². The fourth-order valence-corrected chi connectivity index (χ4v) is 5.87. The Morgan fingerprint density at radius 1 is 1.15 bits per heavy atom. The minimum Gasteiger partial charge on any atom is -0.333 e. The first-order valence-corrected chi connectivity index (χ1v) is 13.2. The summed E-state index contributed by atoms with van der Waals surface area (Å²) in [5.41, 5.74) is 4.91. The molecular formula is C29H24N6O3S. The van der Waals surface area contributed by atoms with Crippen LogP contribution in [0.3, 0.4) is 0 Å². The molecule has 2 N–H and O–H groups in total. The second-order valence-electron chi connectivity index (χ2n) is 9.24. The number of anilines is 3. The van der Waals surface area contributed by atoms with Gasteiger partial charge in [0.1, 0.15) is 9.71 Å². The second-order valence-corrected chi connectivity index (χ2v) is 10.2. The number of aryl methyl sites for hydroxylation is 1. The standard InChI is InChI=1S/C29H24N6O3S/c1-3-23(36)34-13-7-10-19(16-34)32-27(37)26-25-24-21(11-12-30-28(24)39-26)35(29(38)33-25)22-14-20(31-15-17(22)2)18-8-5-4-6-9-18/h3-6,8-12,14-15H,1,7,13,16H2,2H3,(H,32,37)(H,33,38). The quantitative estimate of drug-likeness (QED) is 0.333. The van der Waals surface area contributed by atoms with Crippen molar-refractivity contribution in [3.63, 3.8) is 0 Å². The first-order valence-electron chi connectivity index (χ1n) is 12.4. The summed E-state index contributed by atoms with van der Waals surface area (Å²) >= 11 is 1.21. The van der Waals surface area contributed by atoms with Crippen LogP contribution < -0.4 is 15.5 Å². The molecule has 0 saturated heterocycles. The molecule has 2 aliphatic rings. The van der Waals surface area contributed by atoms with Gasteiger partial charge in [-0.1, -0.05) is 43.0 Å². The molecule has 0 bridgehead atoms. The van der Waals surface area contributed by atoms with Gasteiger partial charge in [0.2, 0.25) is 5.91 Å². The molecule has 0 spiro atoms. The van der Waals surface area contributed by atoms with Crippen molar-refractivity contribution in [2.24, 2.45) is 0 Å². The van der Waals surface area contributed by atoms with Gasteiger partial charge in [0, 0.05) is 30.2 Å². The summed E-state index contributed by atoms with van der Waals surface area (Å²) in [5.74, 6) is -0.548. The summed E-state index contributed by atoms with van der Waals surface area (Å²) in [4.78, 5) is 52.3. The van der Waals surface area contributed by atoms with Gasteiger partial charge in [0.15, 0.2) is 0 Å². The van der Waals surface area contributed by atoms with Crippen LogP contribution in [-0.4, -0.2) is 45.8 Å². The molecular weight excluding hydrogens is 512 g/mol. The molecule has 6 rings (SSSR count). The second kappa shape index (κ2) is 9.80. The molecule has 0 atom stereocenters. The lowest BCUT2D eigenvalue weighted by atomic mass is 10.1. The van der Waals surface area contributed by atoms with Crippen molar-refractivity contribution in [3.8, 4) is 11.3 Å². The van der Waals surface area contributed by atoms with Crippen molar-refractivity contribution >= 4 is 56.5 Å². The highest BCUT2D eigenvalue weighted by molar-refractivity contribution is 7.21. The van der Waals surface area contributed by atoms with E-state index in [4.69, 9.17) is 0 Å². The van der Waals surface area contributed by atoms with Crippen LogP contribution in [0, 0.1) is 6.92 Å². The van der Waals surface area contributed by atoms with Gasteiger partial charge >= 0.3 is 6.03 Å². The summed E-state index contributed by atoms with van der Waals surface area (Å²) < 4.78 is 0. The summed E-state index contributed by atoms with van der Waals surface area (Å²) in [6.07, 6.45) is 7.20. The number of urea groups is 1. The van der Waals surface area contributed by atoms with Crippen molar-refractivity contribution in [2.75, 3.05) is 23.3 Å². The third-order valence-electron chi connectivity index (χ3n) is 6.75.